The molecule has 1 aromatic heterocycles. The van der Waals surface area contributed by atoms with Crippen LogP contribution in [-0.4, -0.2) is 29.3 Å². The van der Waals surface area contributed by atoms with Gasteiger partial charge in [-0.25, -0.2) is 0 Å². The summed E-state index contributed by atoms with van der Waals surface area (Å²) in [5.74, 6) is 0.981. The van der Waals surface area contributed by atoms with Crippen molar-refractivity contribution in [3.63, 3.8) is 0 Å². The van der Waals surface area contributed by atoms with Crippen molar-refractivity contribution < 1.29 is 0 Å². The topological polar surface area (TPSA) is 41.1 Å². The predicted octanol–water partition coefficient (Wildman–Crippen LogP) is 3.39. The Bertz CT molecular complexity index is 798. The summed E-state index contributed by atoms with van der Waals surface area (Å²) in [7, 11) is 0. The molecule has 1 unspecified atom stereocenters. The molecule has 1 atom stereocenters. The van der Waals surface area contributed by atoms with Crippen molar-refractivity contribution in [3.8, 4) is 0 Å². The van der Waals surface area contributed by atoms with E-state index in [2.05, 4.69) is 62.9 Å². The number of fused-ring (bicyclic) bond motifs is 1. The first-order chi connectivity index (χ1) is 11.9. The molecule has 1 saturated heterocycles. The summed E-state index contributed by atoms with van der Waals surface area (Å²) in [6.07, 6.45) is 4.12. The van der Waals surface area contributed by atoms with Crippen LogP contribution in [0.2, 0.25) is 0 Å². The van der Waals surface area contributed by atoms with Crippen LogP contribution in [0.15, 0.2) is 60.8 Å². The van der Waals surface area contributed by atoms with E-state index in [9.17, 15) is 0 Å². The molecule has 1 aliphatic heterocycles. The van der Waals surface area contributed by atoms with E-state index in [1.54, 1.807) is 6.20 Å². The third-order valence-electron chi connectivity index (χ3n) is 4.76. The van der Waals surface area contributed by atoms with Crippen LogP contribution in [0.4, 0.5) is 5.82 Å². The lowest BCUT2D eigenvalue weighted by molar-refractivity contribution is 0.420. The minimum absolute atomic E-state index is 0.486. The lowest BCUT2D eigenvalue weighted by Gasteiger charge is -2.33. The van der Waals surface area contributed by atoms with E-state index in [-0.39, 0.29) is 0 Å². The highest BCUT2D eigenvalue weighted by molar-refractivity contribution is 5.85. The third-order valence-corrected chi connectivity index (χ3v) is 4.76. The molecule has 2 aromatic carbocycles. The molecule has 0 aliphatic carbocycles. The van der Waals surface area contributed by atoms with Gasteiger partial charge in [0, 0.05) is 31.9 Å². The van der Waals surface area contributed by atoms with Gasteiger partial charge in [-0.3, -0.25) is 0 Å². The van der Waals surface area contributed by atoms with Crippen LogP contribution >= 0.6 is 0 Å². The summed E-state index contributed by atoms with van der Waals surface area (Å²) in [6, 6.07) is 19.6. The fourth-order valence-electron chi connectivity index (χ4n) is 3.51. The van der Waals surface area contributed by atoms with Gasteiger partial charge in [0.15, 0.2) is 5.82 Å². The summed E-state index contributed by atoms with van der Waals surface area (Å²) in [6.45, 7) is 2.95. The van der Waals surface area contributed by atoms with Gasteiger partial charge in [-0.2, -0.15) is 5.10 Å². The summed E-state index contributed by atoms with van der Waals surface area (Å²) in [5.41, 5.74) is 1.37. The molecule has 0 radical (unpaired) electrons. The van der Waals surface area contributed by atoms with E-state index in [4.69, 9.17) is 0 Å². The molecule has 4 heteroatoms. The minimum atomic E-state index is 0.486. The Morgan fingerprint density at radius 2 is 1.96 bits per heavy atom. The molecule has 4 nitrogen and oxygen atoms in total. The fourth-order valence-corrected chi connectivity index (χ4v) is 3.51. The van der Waals surface area contributed by atoms with Gasteiger partial charge in [0.25, 0.3) is 0 Å². The van der Waals surface area contributed by atoms with Crippen molar-refractivity contribution >= 4 is 16.6 Å². The van der Waals surface area contributed by atoms with Gasteiger partial charge in [-0.15, -0.1) is 5.10 Å². The first-order valence-electron chi connectivity index (χ1n) is 8.63. The molecule has 2 heterocycles. The molecule has 0 amide bonds. The van der Waals surface area contributed by atoms with Crippen molar-refractivity contribution in [1.82, 2.24) is 15.5 Å². The highest BCUT2D eigenvalue weighted by atomic mass is 15.3. The van der Waals surface area contributed by atoms with Crippen molar-refractivity contribution in [2.75, 3.05) is 18.0 Å². The minimum Gasteiger partial charge on any atom is -0.354 e. The van der Waals surface area contributed by atoms with E-state index in [1.807, 2.05) is 12.1 Å². The molecule has 3 aromatic rings. The van der Waals surface area contributed by atoms with Gasteiger partial charge in [0.2, 0.25) is 0 Å². The number of anilines is 1. The average molecular weight is 318 g/mol. The second-order valence-corrected chi connectivity index (χ2v) is 6.39. The molecule has 0 bridgehead atoms. The highest BCUT2D eigenvalue weighted by Gasteiger charge is 2.20. The molecule has 1 N–H and O–H groups in total. The van der Waals surface area contributed by atoms with E-state index >= 15 is 0 Å². The van der Waals surface area contributed by atoms with Gasteiger partial charge < -0.3 is 10.2 Å². The lowest BCUT2D eigenvalue weighted by atomic mass is 10.0. The van der Waals surface area contributed by atoms with Crippen LogP contribution in [0, 0.1) is 0 Å². The molecule has 0 spiro atoms. The monoisotopic (exact) mass is 318 g/mol. The molecule has 1 fully saturated rings. The van der Waals surface area contributed by atoms with Crippen molar-refractivity contribution in [3.05, 3.63) is 66.4 Å². The van der Waals surface area contributed by atoms with Crippen LogP contribution in [-0.2, 0) is 6.54 Å². The number of hydrogen-bond donors (Lipinski definition) is 1. The Labute approximate surface area is 142 Å². The molecule has 0 saturated carbocycles. The highest BCUT2D eigenvalue weighted by Crippen LogP contribution is 2.20. The van der Waals surface area contributed by atoms with Gasteiger partial charge in [-0.1, -0.05) is 42.5 Å². The summed E-state index contributed by atoms with van der Waals surface area (Å²) >= 11 is 0. The van der Waals surface area contributed by atoms with E-state index in [1.165, 1.54) is 29.2 Å². The van der Waals surface area contributed by atoms with Crippen LogP contribution < -0.4 is 10.2 Å². The van der Waals surface area contributed by atoms with Crippen LogP contribution in [0.5, 0.6) is 0 Å². The SMILES string of the molecule is c1cnnc(N2CCCC(NCc3cccc4ccccc34)C2)c1. The van der Waals surface area contributed by atoms with Gasteiger partial charge in [0.05, 0.1) is 0 Å². The number of benzene rings is 2. The molecule has 4 rings (SSSR count). The van der Waals surface area contributed by atoms with Crippen molar-refractivity contribution in [2.45, 2.75) is 25.4 Å². The fraction of sp³-hybridized carbons (Fsp3) is 0.300. The van der Waals surface area contributed by atoms with E-state index < -0.39 is 0 Å². The predicted molar refractivity (Wildman–Crippen MR) is 98.1 cm³/mol. The number of aromatic nitrogens is 2. The zero-order valence-corrected chi connectivity index (χ0v) is 13.7. The smallest absolute Gasteiger partial charge is 0.151 e. The Morgan fingerprint density at radius 3 is 2.88 bits per heavy atom. The molecular weight excluding hydrogens is 296 g/mol. The normalized spacial score (nSPS) is 18.0. The van der Waals surface area contributed by atoms with Crippen molar-refractivity contribution in [1.29, 1.82) is 0 Å². The summed E-state index contributed by atoms with van der Waals surface area (Å²) in [5, 5.41) is 14.6. The Morgan fingerprint density at radius 1 is 1.04 bits per heavy atom. The van der Waals surface area contributed by atoms with Crippen LogP contribution in [0.25, 0.3) is 10.8 Å². The Kier molecular flexibility index (Phi) is 4.38. The quantitative estimate of drug-likeness (QED) is 0.800. The number of piperidine rings is 1. The number of hydrogen-bond acceptors (Lipinski definition) is 4. The maximum Gasteiger partial charge on any atom is 0.151 e. The van der Waals surface area contributed by atoms with Gasteiger partial charge in [0.1, 0.15) is 0 Å². The standard InChI is InChI=1S/C20H22N4/c1-2-10-19-16(6-1)7-3-8-17(19)14-21-18-9-5-13-24(15-18)20-11-4-12-22-23-20/h1-4,6-8,10-12,18,21H,5,9,13-15H2. The molecule has 122 valence electrons. The van der Waals surface area contributed by atoms with Gasteiger partial charge in [-0.05, 0) is 41.3 Å². The number of rotatable bonds is 4. The molecular formula is C20H22N4. The Balaban J connectivity index is 1.44. The summed E-state index contributed by atoms with van der Waals surface area (Å²) in [4.78, 5) is 2.33. The van der Waals surface area contributed by atoms with Crippen molar-refractivity contribution in [2.24, 2.45) is 0 Å². The van der Waals surface area contributed by atoms with Gasteiger partial charge >= 0.3 is 0 Å². The second-order valence-electron chi connectivity index (χ2n) is 6.39. The van der Waals surface area contributed by atoms with E-state index in [0.29, 0.717) is 6.04 Å². The maximum atomic E-state index is 4.24. The van der Waals surface area contributed by atoms with E-state index in [0.717, 1.165) is 25.5 Å². The first kappa shape index (κ1) is 15.1. The zero-order valence-electron chi connectivity index (χ0n) is 13.7. The first-order valence-corrected chi connectivity index (χ1v) is 8.63. The lowest BCUT2D eigenvalue weighted by Crippen LogP contribution is -2.45. The second kappa shape index (κ2) is 6.97. The molecule has 1 aliphatic rings. The average Bonchev–Trinajstić information content (AvgIpc) is 2.67. The number of nitrogens with one attached hydrogen (secondary N) is 1. The molecule has 24 heavy (non-hydrogen) atoms. The third kappa shape index (κ3) is 3.24. The zero-order chi connectivity index (χ0) is 16.2. The largest absolute Gasteiger partial charge is 0.354 e. The Hall–Kier alpha value is -2.46. The summed E-state index contributed by atoms with van der Waals surface area (Å²) < 4.78 is 0. The maximum absolute atomic E-state index is 4.24. The van der Waals surface area contributed by atoms with Crippen LogP contribution in [0.1, 0.15) is 18.4 Å². The number of nitrogens with zero attached hydrogens (tertiary/aromatic N) is 3. The van der Waals surface area contributed by atoms with Crippen LogP contribution in [0.3, 0.4) is 0 Å².